The van der Waals surface area contributed by atoms with Crippen molar-refractivity contribution in [2.75, 3.05) is 6.54 Å². The molecule has 0 radical (unpaired) electrons. The van der Waals surface area contributed by atoms with Gasteiger partial charge in [-0.05, 0) is 18.2 Å². The summed E-state index contributed by atoms with van der Waals surface area (Å²) in [5.41, 5.74) is -0.147. The number of rotatable bonds is 4. The lowest BCUT2D eigenvalue weighted by Crippen LogP contribution is -2.41. The molecule has 0 aliphatic heterocycles. The monoisotopic (exact) mass is 285 g/mol. The Morgan fingerprint density at radius 1 is 1.39 bits per heavy atom. The second kappa shape index (κ2) is 5.55. The number of thiol groups is 1. The fraction of sp³-hybridized carbons (Fsp3) is 0.300. The second-order valence-electron chi connectivity index (χ2n) is 3.41. The zero-order valence-corrected chi connectivity index (χ0v) is 9.66. The molecule has 0 saturated heterocycles. The molecular formula is C10H8F5NOS. The number of hydrogen-bond acceptors (Lipinski definition) is 2. The highest BCUT2D eigenvalue weighted by Gasteiger charge is 2.40. The molecule has 18 heavy (non-hydrogen) atoms. The third-order valence-corrected chi connectivity index (χ3v) is 2.35. The fourth-order valence-electron chi connectivity index (χ4n) is 1.03. The van der Waals surface area contributed by atoms with E-state index in [1.54, 1.807) is 5.32 Å². The van der Waals surface area contributed by atoms with Gasteiger partial charge in [0.05, 0.1) is 6.54 Å². The maximum absolute atomic E-state index is 12.8. The van der Waals surface area contributed by atoms with Gasteiger partial charge in [-0.1, -0.05) is 0 Å². The van der Waals surface area contributed by atoms with Crippen LogP contribution in [0.25, 0.3) is 0 Å². The summed E-state index contributed by atoms with van der Waals surface area (Å²) in [5, 5.41) is 1.64. The highest BCUT2D eigenvalue weighted by Crippen LogP contribution is 2.21. The molecule has 0 saturated carbocycles. The van der Waals surface area contributed by atoms with Gasteiger partial charge in [0.2, 0.25) is 0 Å². The molecule has 1 aromatic rings. The van der Waals surface area contributed by atoms with Crippen LogP contribution in [-0.2, 0) is 0 Å². The van der Waals surface area contributed by atoms with Crippen molar-refractivity contribution in [1.82, 2.24) is 5.32 Å². The Morgan fingerprint density at radius 3 is 2.50 bits per heavy atom. The van der Waals surface area contributed by atoms with Crippen LogP contribution in [0, 0.1) is 5.82 Å². The van der Waals surface area contributed by atoms with Crippen LogP contribution in [0.3, 0.4) is 0 Å². The Labute approximate surface area is 105 Å². The first-order valence-corrected chi connectivity index (χ1v) is 5.11. The van der Waals surface area contributed by atoms with Crippen molar-refractivity contribution >= 4 is 18.5 Å². The molecule has 0 unspecified atom stereocenters. The molecule has 2 nitrogen and oxygen atoms in total. The highest BCUT2D eigenvalue weighted by molar-refractivity contribution is 7.80. The largest absolute Gasteiger partial charge is 0.346 e. The van der Waals surface area contributed by atoms with E-state index in [4.69, 9.17) is 0 Å². The number of benzene rings is 1. The van der Waals surface area contributed by atoms with Gasteiger partial charge < -0.3 is 5.32 Å². The van der Waals surface area contributed by atoms with E-state index >= 15 is 0 Å². The van der Waals surface area contributed by atoms with Gasteiger partial charge in [0, 0.05) is 10.5 Å². The Morgan fingerprint density at radius 2 is 2.00 bits per heavy atom. The summed E-state index contributed by atoms with van der Waals surface area (Å²) in [6.07, 6.45) is -3.87. The SMILES string of the molecule is O=C(NCC(F)(F)C(F)F)c1ccc(F)c(S)c1. The van der Waals surface area contributed by atoms with E-state index in [1.807, 2.05) is 0 Å². The van der Waals surface area contributed by atoms with Gasteiger partial charge in [-0.3, -0.25) is 4.79 Å². The number of carbonyl (C=O) groups excluding carboxylic acids is 1. The summed E-state index contributed by atoms with van der Waals surface area (Å²) < 4.78 is 61.5. The highest BCUT2D eigenvalue weighted by atomic mass is 32.1. The van der Waals surface area contributed by atoms with Crippen molar-refractivity contribution in [3.8, 4) is 0 Å². The smallest absolute Gasteiger partial charge is 0.324 e. The van der Waals surface area contributed by atoms with E-state index < -0.39 is 30.6 Å². The van der Waals surface area contributed by atoms with E-state index in [1.165, 1.54) is 0 Å². The third kappa shape index (κ3) is 3.59. The average Bonchev–Trinajstić information content (AvgIpc) is 2.29. The zero-order chi connectivity index (χ0) is 13.9. The lowest BCUT2D eigenvalue weighted by atomic mass is 10.2. The van der Waals surface area contributed by atoms with Gasteiger partial charge in [-0.15, -0.1) is 12.6 Å². The number of nitrogens with one attached hydrogen (secondary N) is 1. The number of amides is 1. The van der Waals surface area contributed by atoms with E-state index in [2.05, 4.69) is 12.6 Å². The summed E-state index contributed by atoms with van der Waals surface area (Å²) >= 11 is 3.70. The molecule has 1 amide bonds. The predicted octanol–water partition coefficient (Wildman–Crippen LogP) is 2.74. The normalized spacial score (nSPS) is 11.7. The Bertz CT molecular complexity index is 452. The molecule has 0 heterocycles. The third-order valence-electron chi connectivity index (χ3n) is 2.01. The van der Waals surface area contributed by atoms with Gasteiger partial charge >= 0.3 is 12.3 Å². The van der Waals surface area contributed by atoms with Crippen molar-refractivity contribution in [2.45, 2.75) is 17.2 Å². The van der Waals surface area contributed by atoms with Crippen molar-refractivity contribution in [1.29, 1.82) is 0 Å². The Balaban J connectivity index is 2.69. The first-order chi connectivity index (χ1) is 8.24. The van der Waals surface area contributed by atoms with E-state index in [-0.39, 0.29) is 10.5 Å². The predicted molar refractivity (Wildman–Crippen MR) is 56.9 cm³/mol. The molecule has 0 aromatic heterocycles. The molecule has 0 atom stereocenters. The molecule has 0 fully saturated rings. The maximum Gasteiger partial charge on any atom is 0.324 e. The summed E-state index contributed by atoms with van der Waals surface area (Å²) in [6.45, 7) is -1.50. The van der Waals surface area contributed by atoms with Crippen molar-refractivity contribution in [3.05, 3.63) is 29.6 Å². The number of carbonyl (C=O) groups is 1. The van der Waals surface area contributed by atoms with Crippen molar-refractivity contribution in [3.63, 3.8) is 0 Å². The van der Waals surface area contributed by atoms with Gasteiger partial charge in [0.1, 0.15) is 5.82 Å². The minimum atomic E-state index is -4.31. The Hall–Kier alpha value is -1.31. The van der Waals surface area contributed by atoms with E-state index in [0.29, 0.717) is 0 Å². The number of halogens is 5. The molecule has 100 valence electrons. The summed E-state index contributed by atoms with van der Waals surface area (Å²) in [7, 11) is 0. The van der Waals surface area contributed by atoms with Crippen LogP contribution in [0.15, 0.2) is 23.1 Å². The fourth-order valence-corrected chi connectivity index (χ4v) is 1.24. The lowest BCUT2D eigenvalue weighted by molar-refractivity contribution is -0.123. The van der Waals surface area contributed by atoms with Crippen LogP contribution in [0.1, 0.15) is 10.4 Å². The molecule has 1 rings (SSSR count). The zero-order valence-electron chi connectivity index (χ0n) is 8.76. The molecule has 0 spiro atoms. The molecule has 1 aromatic carbocycles. The van der Waals surface area contributed by atoms with E-state index in [9.17, 15) is 26.7 Å². The first-order valence-electron chi connectivity index (χ1n) is 4.66. The van der Waals surface area contributed by atoms with Gasteiger partial charge in [-0.2, -0.15) is 8.78 Å². The molecule has 0 aliphatic rings. The molecular weight excluding hydrogens is 277 g/mol. The minimum absolute atomic E-state index is 0.147. The lowest BCUT2D eigenvalue weighted by Gasteiger charge is -2.15. The molecule has 8 heteroatoms. The van der Waals surface area contributed by atoms with Crippen LogP contribution < -0.4 is 5.32 Å². The quantitative estimate of drug-likeness (QED) is 0.646. The minimum Gasteiger partial charge on any atom is -0.346 e. The first kappa shape index (κ1) is 14.7. The van der Waals surface area contributed by atoms with E-state index in [0.717, 1.165) is 18.2 Å². The van der Waals surface area contributed by atoms with Gasteiger partial charge in [0.25, 0.3) is 5.91 Å². The topological polar surface area (TPSA) is 29.1 Å². The maximum atomic E-state index is 12.8. The van der Waals surface area contributed by atoms with Crippen LogP contribution in [-0.4, -0.2) is 24.8 Å². The summed E-state index contributed by atoms with van der Waals surface area (Å²) in [4.78, 5) is 11.2. The van der Waals surface area contributed by atoms with Crippen LogP contribution in [0.4, 0.5) is 22.0 Å². The number of alkyl halides is 4. The second-order valence-corrected chi connectivity index (χ2v) is 3.89. The summed E-state index contributed by atoms with van der Waals surface area (Å²) in [6, 6.07) is 2.96. The standard InChI is InChI=1S/C10H8F5NOS/c11-6-2-1-5(3-7(6)18)8(17)16-4-10(14,15)9(12)13/h1-3,9,18H,4H2,(H,16,17). The molecule has 0 bridgehead atoms. The van der Waals surface area contributed by atoms with Crippen LogP contribution in [0.2, 0.25) is 0 Å². The van der Waals surface area contributed by atoms with Crippen molar-refractivity contribution in [2.24, 2.45) is 0 Å². The molecule has 0 aliphatic carbocycles. The van der Waals surface area contributed by atoms with Gasteiger partial charge in [-0.25, -0.2) is 13.2 Å². The van der Waals surface area contributed by atoms with Crippen LogP contribution in [0.5, 0.6) is 0 Å². The van der Waals surface area contributed by atoms with Crippen LogP contribution >= 0.6 is 12.6 Å². The average molecular weight is 285 g/mol. The number of hydrogen-bond donors (Lipinski definition) is 2. The molecule has 1 N–H and O–H groups in total. The van der Waals surface area contributed by atoms with Gasteiger partial charge in [0.15, 0.2) is 0 Å². The summed E-state index contributed by atoms with van der Waals surface area (Å²) in [5.74, 6) is -6.00. The van der Waals surface area contributed by atoms with Crippen molar-refractivity contribution < 1.29 is 26.7 Å². The Kier molecular flexibility index (Phi) is 4.55.